The highest BCUT2D eigenvalue weighted by Crippen LogP contribution is 2.48. The van der Waals surface area contributed by atoms with E-state index in [1.807, 2.05) is 42.5 Å². The number of carbonyl (C=O) groups is 2. The Hall–Kier alpha value is -2.82. The predicted molar refractivity (Wildman–Crippen MR) is 110 cm³/mol. The smallest absolute Gasteiger partial charge is 0.306 e. The largest absolute Gasteiger partial charge is 0.489 e. The molecule has 2 aliphatic rings. The van der Waals surface area contributed by atoms with Crippen molar-refractivity contribution in [2.75, 3.05) is 0 Å². The van der Waals surface area contributed by atoms with Crippen LogP contribution in [0.3, 0.4) is 0 Å². The Morgan fingerprint density at radius 3 is 2.31 bits per heavy atom. The first-order valence-electron chi connectivity index (χ1n) is 10.4. The quantitative estimate of drug-likeness (QED) is 0.742. The van der Waals surface area contributed by atoms with Crippen LogP contribution < -0.4 is 10.1 Å². The van der Waals surface area contributed by atoms with Gasteiger partial charge in [0.25, 0.3) is 0 Å². The Bertz CT molecular complexity index is 841. The number of carbonyl (C=O) groups excluding carboxylic acids is 1. The van der Waals surface area contributed by atoms with Crippen LogP contribution >= 0.6 is 0 Å². The Labute approximate surface area is 171 Å². The summed E-state index contributed by atoms with van der Waals surface area (Å²) in [7, 11) is 0. The van der Waals surface area contributed by atoms with Gasteiger partial charge >= 0.3 is 5.97 Å². The Balaban J connectivity index is 1.23. The summed E-state index contributed by atoms with van der Waals surface area (Å²) in [5.74, 6) is 0.275. The molecule has 0 saturated heterocycles. The number of carboxylic acid groups (broad SMARTS) is 1. The van der Waals surface area contributed by atoms with Gasteiger partial charge in [-0.25, -0.2) is 0 Å². The summed E-state index contributed by atoms with van der Waals surface area (Å²) in [6.45, 7) is 0.540. The van der Waals surface area contributed by atoms with Crippen molar-refractivity contribution < 1.29 is 19.4 Å². The second kappa shape index (κ2) is 8.68. The monoisotopic (exact) mass is 393 g/mol. The average Bonchev–Trinajstić information content (AvgIpc) is 3.55. The zero-order valence-corrected chi connectivity index (χ0v) is 16.4. The van der Waals surface area contributed by atoms with E-state index in [-0.39, 0.29) is 29.7 Å². The summed E-state index contributed by atoms with van der Waals surface area (Å²) in [6.07, 6.45) is 3.69. The normalized spacial score (nSPS) is 25.8. The molecule has 152 valence electrons. The molecule has 2 aliphatic carbocycles. The van der Waals surface area contributed by atoms with Gasteiger partial charge in [-0.05, 0) is 61.3 Å². The molecule has 2 aromatic rings. The van der Waals surface area contributed by atoms with Gasteiger partial charge in [0.05, 0.1) is 5.92 Å². The Morgan fingerprint density at radius 1 is 0.966 bits per heavy atom. The summed E-state index contributed by atoms with van der Waals surface area (Å²) in [5, 5.41) is 12.2. The van der Waals surface area contributed by atoms with Crippen LogP contribution in [-0.4, -0.2) is 23.0 Å². The molecule has 0 aromatic heterocycles. The Morgan fingerprint density at radius 2 is 1.66 bits per heavy atom. The molecule has 2 saturated carbocycles. The molecule has 5 heteroatoms. The topological polar surface area (TPSA) is 75.6 Å². The minimum absolute atomic E-state index is 0.0308. The first kappa shape index (κ1) is 19.5. The van der Waals surface area contributed by atoms with Crippen molar-refractivity contribution in [3.05, 3.63) is 65.7 Å². The van der Waals surface area contributed by atoms with Gasteiger partial charge in [0.2, 0.25) is 5.91 Å². The van der Waals surface area contributed by atoms with Gasteiger partial charge in [-0.3, -0.25) is 9.59 Å². The molecule has 5 nitrogen and oxygen atoms in total. The van der Waals surface area contributed by atoms with E-state index in [1.165, 1.54) is 5.56 Å². The fourth-order valence-electron chi connectivity index (χ4n) is 4.20. The molecule has 2 aromatic carbocycles. The van der Waals surface area contributed by atoms with E-state index in [1.54, 1.807) is 0 Å². The van der Waals surface area contributed by atoms with E-state index >= 15 is 0 Å². The van der Waals surface area contributed by atoms with Crippen molar-refractivity contribution in [1.29, 1.82) is 0 Å². The van der Waals surface area contributed by atoms with E-state index in [0.29, 0.717) is 19.4 Å². The third-order valence-corrected chi connectivity index (χ3v) is 6.11. The highest BCUT2D eigenvalue weighted by Gasteiger charge is 2.44. The van der Waals surface area contributed by atoms with Crippen LogP contribution in [0.1, 0.15) is 49.1 Å². The van der Waals surface area contributed by atoms with Crippen LogP contribution in [0, 0.1) is 11.8 Å². The summed E-state index contributed by atoms with van der Waals surface area (Å²) >= 11 is 0. The third-order valence-electron chi connectivity index (χ3n) is 6.11. The standard InChI is InChI=1S/C24H27NO4/c26-23(25-19-10-6-18(7-11-19)24(27)28)22-14-21(22)17-8-12-20(13-9-17)29-15-16-4-2-1-3-5-16/h1-5,8-9,12-13,18-19,21-22H,6-7,10-11,14-15H2,(H,25,26)(H,27,28). The van der Waals surface area contributed by atoms with Crippen LogP contribution in [-0.2, 0) is 16.2 Å². The molecule has 29 heavy (non-hydrogen) atoms. The van der Waals surface area contributed by atoms with Gasteiger partial charge in [-0.1, -0.05) is 42.5 Å². The fraction of sp³-hybridized carbons (Fsp3) is 0.417. The molecular formula is C24H27NO4. The van der Waals surface area contributed by atoms with E-state index in [4.69, 9.17) is 9.84 Å². The van der Waals surface area contributed by atoms with Gasteiger partial charge in [-0.15, -0.1) is 0 Å². The third kappa shape index (κ3) is 4.97. The number of hydrogen-bond acceptors (Lipinski definition) is 3. The molecule has 0 spiro atoms. The maximum Gasteiger partial charge on any atom is 0.306 e. The highest BCUT2D eigenvalue weighted by molar-refractivity contribution is 5.83. The van der Waals surface area contributed by atoms with Gasteiger partial charge in [0.1, 0.15) is 12.4 Å². The number of amides is 1. The molecular weight excluding hydrogens is 366 g/mol. The van der Waals surface area contributed by atoms with E-state index in [2.05, 4.69) is 17.4 Å². The van der Waals surface area contributed by atoms with E-state index in [0.717, 1.165) is 30.6 Å². The summed E-state index contributed by atoms with van der Waals surface area (Å²) in [4.78, 5) is 23.6. The van der Waals surface area contributed by atoms with Crippen LogP contribution in [0.2, 0.25) is 0 Å². The van der Waals surface area contributed by atoms with E-state index in [9.17, 15) is 9.59 Å². The number of carboxylic acids is 1. The number of rotatable bonds is 7. The van der Waals surface area contributed by atoms with Crippen molar-refractivity contribution in [2.24, 2.45) is 11.8 Å². The van der Waals surface area contributed by atoms with Crippen molar-refractivity contribution >= 4 is 11.9 Å². The maximum atomic E-state index is 12.5. The molecule has 4 rings (SSSR count). The summed E-state index contributed by atoms with van der Waals surface area (Å²) in [5.41, 5.74) is 2.31. The fourth-order valence-corrected chi connectivity index (χ4v) is 4.20. The molecule has 1 amide bonds. The van der Waals surface area contributed by atoms with Crippen LogP contribution in [0.4, 0.5) is 0 Å². The van der Waals surface area contributed by atoms with Crippen molar-refractivity contribution in [1.82, 2.24) is 5.32 Å². The maximum absolute atomic E-state index is 12.5. The second-order valence-electron chi connectivity index (χ2n) is 8.19. The van der Waals surface area contributed by atoms with Crippen molar-refractivity contribution in [3.8, 4) is 5.75 Å². The lowest BCUT2D eigenvalue weighted by Gasteiger charge is -2.26. The first-order valence-corrected chi connectivity index (χ1v) is 10.4. The molecule has 0 heterocycles. The van der Waals surface area contributed by atoms with Gasteiger partial charge in [0.15, 0.2) is 0 Å². The summed E-state index contributed by atoms with van der Waals surface area (Å²) < 4.78 is 5.83. The number of benzene rings is 2. The Kier molecular flexibility index (Phi) is 5.84. The van der Waals surface area contributed by atoms with Crippen LogP contribution in [0.15, 0.2) is 54.6 Å². The minimum atomic E-state index is -0.715. The van der Waals surface area contributed by atoms with Gasteiger partial charge < -0.3 is 15.2 Å². The molecule has 0 aliphatic heterocycles. The lowest BCUT2D eigenvalue weighted by Crippen LogP contribution is -2.39. The van der Waals surface area contributed by atoms with Crippen molar-refractivity contribution in [2.45, 2.75) is 50.7 Å². The minimum Gasteiger partial charge on any atom is -0.489 e. The number of hydrogen-bond donors (Lipinski definition) is 2. The van der Waals surface area contributed by atoms with Gasteiger partial charge in [-0.2, -0.15) is 0 Å². The van der Waals surface area contributed by atoms with Gasteiger partial charge in [0, 0.05) is 12.0 Å². The number of ether oxygens (including phenoxy) is 1. The average molecular weight is 393 g/mol. The molecule has 2 atom stereocenters. The molecule has 2 unspecified atom stereocenters. The lowest BCUT2D eigenvalue weighted by molar-refractivity contribution is -0.142. The number of nitrogens with one attached hydrogen (secondary N) is 1. The summed E-state index contributed by atoms with van der Waals surface area (Å²) in [6, 6.07) is 18.2. The SMILES string of the molecule is O=C(O)C1CCC(NC(=O)C2CC2c2ccc(OCc3ccccc3)cc2)CC1. The second-order valence-corrected chi connectivity index (χ2v) is 8.19. The first-order chi connectivity index (χ1) is 14.1. The van der Waals surface area contributed by atoms with Crippen molar-refractivity contribution in [3.63, 3.8) is 0 Å². The highest BCUT2D eigenvalue weighted by atomic mass is 16.5. The number of aliphatic carboxylic acids is 1. The molecule has 2 fully saturated rings. The zero-order chi connectivity index (χ0) is 20.2. The molecule has 0 radical (unpaired) electrons. The van der Waals surface area contributed by atoms with E-state index < -0.39 is 5.97 Å². The predicted octanol–water partition coefficient (Wildman–Crippen LogP) is 4.13. The molecule has 2 N–H and O–H groups in total. The van der Waals surface area contributed by atoms with Crippen LogP contribution in [0.25, 0.3) is 0 Å². The lowest BCUT2D eigenvalue weighted by atomic mass is 9.86. The van der Waals surface area contributed by atoms with Crippen LogP contribution in [0.5, 0.6) is 5.75 Å². The molecule has 0 bridgehead atoms. The zero-order valence-electron chi connectivity index (χ0n) is 16.4.